The molecule has 3 N–H and O–H groups in total. The molecule has 0 aliphatic carbocycles. The summed E-state index contributed by atoms with van der Waals surface area (Å²) in [5.41, 5.74) is 1.66. The molecule has 3 aromatic rings. The highest BCUT2D eigenvalue weighted by Crippen LogP contribution is 2.35. The molecule has 1 amide bonds. The lowest BCUT2D eigenvalue weighted by atomic mass is 9.90. The average molecular weight is 610 g/mol. The Morgan fingerprint density at radius 3 is 2.69 bits per heavy atom. The van der Waals surface area contributed by atoms with E-state index in [9.17, 15) is 24.5 Å². The second-order valence-electron chi connectivity index (χ2n) is 9.76. The minimum atomic E-state index is -1.17. The van der Waals surface area contributed by atoms with Gasteiger partial charge in [0.2, 0.25) is 0 Å². The number of nitrogens with zero attached hydrogens (tertiary/aromatic N) is 5. The van der Waals surface area contributed by atoms with Gasteiger partial charge in [0.1, 0.15) is 41.6 Å². The molecule has 0 saturated carbocycles. The number of aliphatic hydroxyl groups is 2. The predicted molar refractivity (Wildman–Crippen MR) is 136 cm³/mol. The molecule has 2 aliphatic rings. The molecular formula is C25H29BrFN5O7. The molecule has 0 radical (unpaired) electrons. The van der Waals surface area contributed by atoms with Crippen LogP contribution in [0.5, 0.6) is 0 Å². The van der Waals surface area contributed by atoms with E-state index in [1.54, 1.807) is 18.3 Å². The average Bonchev–Trinajstić information content (AvgIpc) is 3.61. The predicted octanol–water partition coefficient (Wildman–Crippen LogP) is 2.61. The van der Waals surface area contributed by atoms with E-state index in [-0.39, 0.29) is 12.3 Å². The molecule has 2 aliphatic heterocycles. The number of halogens is 2. The fourth-order valence-corrected chi connectivity index (χ4v) is 5.57. The van der Waals surface area contributed by atoms with Crippen molar-refractivity contribution in [2.75, 3.05) is 26.8 Å². The third-order valence-electron chi connectivity index (χ3n) is 7.43. The van der Waals surface area contributed by atoms with Crippen LogP contribution in [0.25, 0.3) is 11.3 Å². The molecule has 5 atom stereocenters. The number of aromatic nitrogens is 4. The lowest BCUT2D eigenvalue weighted by molar-refractivity contribution is -0.212. The number of hydrogen-bond donors (Lipinski definition) is 3. The summed E-state index contributed by atoms with van der Waals surface area (Å²) < 4.78 is 33.2. The number of piperidine rings is 1. The summed E-state index contributed by atoms with van der Waals surface area (Å²) in [5.74, 6) is 0.178. The van der Waals surface area contributed by atoms with Gasteiger partial charge in [-0.25, -0.2) is 13.9 Å². The Kier molecular flexibility index (Phi) is 8.28. The highest BCUT2D eigenvalue weighted by Gasteiger charge is 2.47. The quantitative estimate of drug-likeness (QED) is 0.364. The fourth-order valence-electron chi connectivity index (χ4n) is 5.32. The van der Waals surface area contributed by atoms with Crippen molar-refractivity contribution in [2.45, 2.75) is 55.6 Å². The molecule has 39 heavy (non-hydrogen) atoms. The third-order valence-corrected chi connectivity index (χ3v) is 8.07. The molecule has 0 unspecified atom stereocenters. The largest absolute Gasteiger partial charge is 0.465 e. The van der Waals surface area contributed by atoms with Crippen molar-refractivity contribution in [3.63, 3.8) is 0 Å². The number of ether oxygens (including phenoxy) is 2. The Balaban J connectivity index is 1.34. The van der Waals surface area contributed by atoms with Crippen LogP contribution in [0, 0.1) is 5.82 Å². The summed E-state index contributed by atoms with van der Waals surface area (Å²) >= 11 is 3.14. The van der Waals surface area contributed by atoms with Crippen LogP contribution in [0.3, 0.4) is 0 Å². The SMILES string of the molecule is CO[C@@H]1[C@@H](n2cc(-c3ccc(Br)c(F)c3)nn2)[C@@H](O)[C@@H](CO)O[C@@H]1Cc1cc(C2CCN(C(=O)O)CC2)no1. The molecule has 1 aromatic carbocycles. The first-order valence-electron chi connectivity index (χ1n) is 12.6. The highest BCUT2D eigenvalue weighted by molar-refractivity contribution is 9.10. The molecule has 14 heteroatoms. The maximum Gasteiger partial charge on any atom is 0.407 e. The molecule has 12 nitrogen and oxygen atoms in total. The van der Waals surface area contributed by atoms with Crippen LogP contribution in [0.4, 0.5) is 9.18 Å². The number of benzene rings is 1. The van der Waals surface area contributed by atoms with Crippen LogP contribution in [-0.2, 0) is 15.9 Å². The van der Waals surface area contributed by atoms with Crippen LogP contribution in [0.2, 0.25) is 0 Å². The van der Waals surface area contributed by atoms with Gasteiger partial charge in [0.15, 0.2) is 0 Å². The monoisotopic (exact) mass is 609 g/mol. The number of rotatable bonds is 7. The number of hydrogen-bond acceptors (Lipinski definition) is 9. The maximum atomic E-state index is 14.1. The van der Waals surface area contributed by atoms with Gasteiger partial charge in [-0.15, -0.1) is 5.10 Å². The summed E-state index contributed by atoms with van der Waals surface area (Å²) in [6, 6.07) is 5.67. The molecule has 2 saturated heterocycles. The summed E-state index contributed by atoms with van der Waals surface area (Å²) in [5, 5.41) is 42.7. The van der Waals surface area contributed by atoms with Crippen LogP contribution < -0.4 is 0 Å². The zero-order chi connectivity index (χ0) is 27.7. The Morgan fingerprint density at radius 1 is 1.26 bits per heavy atom. The van der Waals surface area contributed by atoms with E-state index in [2.05, 4.69) is 31.4 Å². The minimum absolute atomic E-state index is 0.0837. The standard InChI is InChI=1S/C25H29BrFN5O7/c1-37-24-20(10-15-9-18(29-39-15)13-4-6-31(7-5-13)25(35)36)38-21(12-33)23(34)22(24)32-11-19(28-30-32)14-2-3-16(26)17(27)8-14/h2-3,8-9,11,13,20-24,33-34H,4-7,10,12H2,1H3,(H,35,36)/t20-,21-,22+,23+,24+/m1/s1. The Morgan fingerprint density at radius 2 is 2.03 bits per heavy atom. The van der Waals surface area contributed by atoms with Crippen molar-refractivity contribution in [2.24, 2.45) is 0 Å². The lowest BCUT2D eigenvalue weighted by Gasteiger charge is -2.43. The van der Waals surface area contributed by atoms with Gasteiger partial charge in [-0.1, -0.05) is 16.4 Å². The van der Waals surface area contributed by atoms with Crippen molar-refractivity contribution in [3.05, 3.63) is 52.2 Å². The normalized spacial score (nSPS) is 26.2. The number of likely N-dealkylation sites (tertiary alicyclic amines) is 1. The van der Waals surface area contributed by atoms with Crippen LogP contribution in [0.1, 0.15) is 36.3 Å². The number of aliphatic hydroxyl groups excluding tert-OH is 2. The van der Waals surface area contributed by atoms with Gasteiger partial charge < -0.3 is 34.2 Å². The Bertz CT molecular complexity index is 1300. The van der Waals surface area contributed by atoms with Crippen molar-refractivity contribution in [1.29, 1.82) is 0 Å². The van der Waals surface area contributed by atoms with Gasteiger partial charge in [-0.3, -0.25) is 0 Å². The summed E-state index contributed by atoms with van der Waals surface area (Å²) in [4.78, 5) is 12.6. The third kappa shape index (κ3) is 5.70. The van der Waals surface area contributed by atoms with Gasteiger partial charge in [0.25, 0.3) is 0 Å². The van der Waals surface area contributed by atoms with Gasteiger partial charge in [0.05, 0.1) is 29.1 Å². The van der Waals surface area contributed by atoms with E-state index in [1.165, 1.54) is 22.8 Å². The maximum absolute atomic E-state index is 14.1. The van der Waals surface area contributed by atoms with Crippen molar-refractivity contribution >= 4 is 22.0 Å². The van der Waals surface area contributed by atoms with Crippen LogP contribution in [0.15, 0.2) is 39.5 Å². The molecule has 0 spiro atoms. The van der Waals surface area contributed by atoms with E-state index in [4.69, 9.17) is 14.0 Å². The Labute approximate surface area is 231 Å². The van der Waals surface area contributed by atoms with Gasteiger partial charge in [-0.2, -0.15) is 0 Å². The zero-order valence-corrected chi connectivity index (χ0v) is 22.6. The lowest BCUT2D eigenvalue weighted by Crippen LogP contribution is -2.57. The number of methoxy groups -OCH3 is 1. The van der Waals surface area contributed by atoms with E-state index in [1.807, 2.05) is 6.07 Å². The smallest absolute Gasteiger partial charge is 0.407 e. The van der Waals surface area contributed by atoms with Crippen LogP contribution in [-0.4, -0.2) is 97.7 Å². The zero-order valence-electron chi connectivity index (χ0n) is 21.1. The van der Waals surface area contributed by atoms with E-state index in [0.717, 1.165) is 5.69 Å². The van der Waals surface area contributed by atoms with E-state index >= 15 is 0 Å². The second kappa shape index (κ2) is 11.7. The minimum Gasteiger partial charge on any atom is -0.465 e. The number of carboxylic acid groups (broad SMARTS) is 1. The summed E-state index contributed by atoms with van der Waals surface area (Å²) in [6.07, 6.45) is -1.21. The van der Waals surface area contributed by atoms with Crippen molar-refractivity contribution in [3.8, 4) is 11.3 Å². The molecule has 2 fully saturated rings. The highest BCUT2D eigenvalue weighted by atomic mass is 79.9. The van der Waals surface area contributed by atoms with Gasteiger partial charge >= 0.3 is 6.09 Å². The van der Waals surface area contributed by atoms with Crippen molar-refractivity contribution in [1.82, 2.24) is 25.1 Å². The molecule has 210 valence electrons. The number of amides is 1. The topological polar surface area (TPSA) is 156 Å². The first-order valence-corrected chi connectivity index (χ1v) is 13.4. The second-order valence-corrected chi connectivity index (χ2v) is 10.6. The molecule has 5 rings (SSSR count). The van der Waals surface area contributed by atoms with Crippen molar-refractivity contribution < 1.29 is 38.5 Å². The molecule has 0 bridgehead atoms. The molecule has 2 aromatic heterocycles. The van der Waals surface area contributed by atoms with E-state index in [0.29, 0.717) is 47.4 Å². The number of carbonyl (C=O) groups is 1. The van der Waals surface area contributed by atoms with Gasteiger partial charge in [-0.05, 0) is 40.9 Å². The molecular weight excluding hydrogens is 581 g/mol. The van der Waals surface area contributed by atoms with Crippen LogP contribution >= 0.6 is 15.9 Å². The first-order chi connectivity index (χ1) is 18.8. The Hall–Kier alpha value is -2.91. The summed E-state index contributed by atoms with van der Waals surface area (Å²) in [6.45, 7) is 0.433. The molecule has 4 heterocycles. The van der Waals surface area contributed by atoms with E-state index < -0.39 is 49.0 Å². The summed E-state index contributed by atoms with van der Waals surface area (Å²) in [7, 11) is 1.49. The first kappa shape index (κ1) is 27.6. The van der Waals surface area contributed by atoms with Gasteiger partial charge in [0, 0.05) is 44.2 Å². The fraction of sp³-hybridized carbons (Fsp3) is 0.520.